The van der Waals surface area contributed by atoms with Gasteiger partial charge in [-0.25, -0.2) is 4.98 Å². The van der Waals surface area contributed by atoms with Gasteiger partial charge in [0.1, 0.15) is 5.01 Å². The molecule has 1 amide bonds. The number of hydrogen-bond donors (Lipinski definition) is 2. The van der Waals surface area contributed by atoms with Crippen molar-refractivity contribution in [1.82, 2.24) is 10.3 Å². The summed E-state index contributed by atoms with van der Waals surface area (Å²) in [6.45, 7) is 4.03. The minimum atomic E-state index is -0.669. The average Bonchev–Trinajstić information content (AvgIpc) is 2.83. The van der Waals surface area contributed by atoms with E-state index in [9.17, 15) is 4.79 Å². The second-order valence-corrected chi connectivity index (χ2v) is 6.37. The van der Waals surface area contributed by atoms with Gasteiger partial charge in [-0.2, -0.15) is 0 Å². The van der Waals surface area contributed by atoms with Crippen LogP contribution in [0.2, 0.25) is 0 Å². The van der Waals surface area contributed by atoms with Crippen LogP contribution in [0.15, 0.2) is 5.38 Å². The van der Waals surface area contributed by atoms with Crippen LogP contribution in [0.1, 0.15) is 62.2 Å². The van der Waals surface area contributed by atoms with Crippen LogP contribution in [0.3, 0.4) is 0 Å². The summed E-state index contributed by atoms with van der Waals surface area (Å²) >= 11 is 1.60. The Morgan fingerprint density at radius 2 is 2.21 bits per heavy atom. The summed E-state index contributed by atoms with van der Waals surface area (Å²) in [6, 6.07) is -0.00597. The van der Waals surface area contributed by atoms with E-state index in [1.807, 2.05) is 12.3 Å². The molecule has 106 valence electrons. The van der Waals surface area contributed by atoms with Gasteiger partial charge in [-0.05, 0) is 26.2 Å². The number of aryl methyl sites for hydroxylation is 1. The number of amides is 1. The molecule has 0 saturated heterocycles. The second kappa shape index (κ2) is 6.01. The quantitative estimate of drug-likeness (QED) is 0.891. The third kappa shape index (κ3) is 3.34. The van der Waals surface area contributed by atoms with Gasteiger partial charge in [0.15, 0.2) is 0 Å². The number of carbonyl (C=O) groups excluding carboxylic acids is 1. The smallest absolute Gasteiger partial charge is 0.240 e. The van der Waals surface area contributed by atoms with Crippen LogP contribution in [0.5, 0.6) is 0 Å². The third-order valence-electron chi connectivity index (χ3n) is 3.85. The zero-order chi connectivity index (χ0) is 13.9. The first-order valence-corrected chi connectivity index (χ1v) is 7.95. The first kappa shape index (κ1) is 14.5. The molecule has 1 unspecified atom stereocenters. The van der Waals surface area contributed by atoms with Crippen molar-refractivity contribution < 1.29 is 4.79 Å². The SMILES string of the molecule is CCC(NC(=O)C1(N)CCCCC1)c1nc(C)cs1. The summed E-state index contributed by atoms with van der Waals surface area (Å²) in [4.78, 5) is 16.9. The minimum absolute atomic E-state index is 0.00597. The number of nitrogens with two attached hydrogens (primary N) is 1. The number of thiazole rings is 1. The number of nitrogens with zero attached hydrogens (tertiary/aromatic N) is 1. The standard InChI is InChI=1S/C14H23N3OS/c1-3-11(12-16-10(2)9-19-12)17-13(18)14(15)7-5-4-6-8-14/h9,11H,3-8,15H2,1-2H3,(H,17,18). The highest BCUT2D eigenvalue weighted by atomic mass is 32.1. The number of aromatic nitrogens is 1. The van der Waals surface area contributed by atoms with Gasteiger partial charge in [0, 0.05) is 11.1 Å². The van der Waals surface area contributed by atoms with Crippen molar-refractivity contribution in [3.05, 3.63) is 16.1 Å². The van der Waals surface area contributed by atoms with Crippen LogP contribution in [-0.2, 0) is 4.79 Å². The molecule has 5 heteroatoms. The number of rotatable bonds is 4. The van der Waals surface area contributed by atoms with Crippen molar-refractivity contribution in [1.29, 1.82) is 0 Å². The summed E-state index contributed by atoms with van der Waals surface area (Å²) < 4.78 is 0. The summed E-state index contributed by atoms with van der Waals surface area (Å²) in [6.07, 6.45) is 5.73. The maximum absolute atomic E-state index is 12.4. The number of nitrogens with one attached hydrogen (secondary N) is 1. The molecule has 0 aliphatic heterocycles. The van der Waals surface area contributed by atoms with E-state index in [1.54, 1.807) is 11.3 Å². The monoisotopic (exact) mass is 281 g/mol. The van der Waals surface area contributed by atoms with Crippen LogP contribution in [0.4, 0.5) is 0 Å². The molecule has 3 N–H and O–H groups in total. The normalized spacial score (nSPS) is 19.9. The highest BCUT2D eigenvalue weighted by molar-refractivity contribution is 7.09. The largest absolute Gasteiger partial charge is 0.345 e. The summed E-state index contributed by atoms with van der Waals surface area (Å²) in [5, 5.41) is 6.09. The number of hydrogen-bond acceptors (Lipinski definition) is 4. The molecule has 1 fully saturated rings. The van der Waals surface area contributed by atoms with Crippen LogP contribution in [0.25, 0.3) is 0 Å². The molecule has 4 nitrogen and oxygen atoms in total. The van der Waals surface area contributed by atoms with Crippen molar-refractivity contribution in [2.45, 2.75) is 64.0 Å². The Morgan fingerprint density at radius 1 is 1.53 bits per heavy atom. The maximum Gasteiger partial charge on any atom is 0.240 e. The molecule has 1 aliphatic rings. The van der Waals surface area contributed by atoms with E-state index in [-0.39, 0.29) is 11.9 Å². The van der Waals surface area contributed by atoms with E-state index in [0.29, 0.717) is 0 Å². The maximum atomic E-state index is 12.4. The van der Waals surface area contributed by atoms with Gasteiger partial charge in [-0.3, -0.25) is 4.79 Å². The van der Waals surface area contributed by atoms with Crippen LogP contribution >= 0.6 is 11.3 Å². The lowest BCUT2D eigenvalue weighted by atomic mass is 9.81. The molecule has 0 spiro atoms. The van der Waals surface area contributed by atoms with Gasteiger partial charge in [0.2, 0.25) is 5.91 Å². The van der Waals surface area contributed by atoms with Gasteiger partial charge in [0.25, 0.3) is 0 Å². The van der Waals surface area contributed by atoms with Crippen molar-refractivity contribution in [3.8, 4) is 0 Å². The molecule has 2 rings (SSSR count). The second-order valence-electron chi connectivity index (χ2n) is 5.48. The summed E-state index contributed by atoms with van der Waals surface area (Å²) in [5.41, 5.74) is 6.60. The highest BCUT2D eigenvalue weighted by Gasteiger charge is 2.36. The Kier molecular flexibility index (Phi) is 4.58. The zero-order valence-corrected chi connectivity index (χ0v) is 12.6. The first-order chi connectivity index (χ1) is 9.05. The average molecular weight is 281 g/mol. The lowest BCUT2D eigenvalue weighted by molar-refractivity contribution is -0.128. The first-order valence-electron chi connectivity index (χ1n) is 7.07. The molecule has 1 aromatic heterocycles. The van der Waals surface area contributed by atoms with Gasteiger partial charge < -0.3 is 11.1 Å². The Morgan fingerprint density at radius 3 is 2.74 bits per heavy atom. The van der Waals surface area contributed by atoms with E-state index in [4.69, 9.17) is 5.73 Å². The Labute approximate surface area is 118 Å². The highest BCUT2D eigenvalue weighted by Crippen LogP contribution is 2.28. The molecule has 1 atom stereocenters. The molecule has 0 aromatic carbocycles. The van der Waals surface area contributed by atoms with Gasteiger partial charge >= 0.3 is 0 Å². The molecule has 1 aromatic rings. The van der Waals surface area contributed by atoms with E-state index >= 15 is 0 Å². The summed E-state index contributed by atoms with van der Waals surface area (Å²) in [5.74, 6) is -0.00750. The third-order valence-corrected chi connectivity index (χ3v) is 4.92. The fourth-order valence-corrected chi connectivity index (χ4v) is 3.51. The van der Waals surface area contributed by atoms with E-state index in [2.05, 4.69) is 17.2 Å². The topological polar surface area (TPSA) is 68.0 Å². The summed E-state index contributed by atoms with van der Waals surface area (Å²) in [7, 11) is 0. The van der Waals surface area contributed by atoms with Crippen LogP contribution < -0.4 is 11.1 Å². The Bertz CT molecular complexity index is 438. The minimum Gasteiger partial charge on any atom is -0.345 e. The predicted molar refractivity (Wildman–Crippen MR) is 78.0 cm³/mol. The zero-order valence-electron chi connectivity index (χ0n) is 11.7. The lowest BCUT2D eigenvalue weighted by Gasteiger charge is -2.33. The van der Waals surface area contributed by atoms with E-state index in [1.165, 1.54) is 6.42 Å². The van der Waals surface area contributed by atoms with Gasteiger partial charge in [0.05, 0.1) is 11.6 Å². The fourth-order valence-electron chi connectivity index (χ4n) is 2.58. The van der Waals surface area contributed by atoms with E-state index in [0.717, 1.165) is 42.8 Å². The van der Waals surface area contributed by atoms with Gasteiger partial charge in [-0.1, -0.05) is 26.2 Å². The molecular formula is C14H23N3OS. The predicted octanol–water partition coefficient (Wildman–Crippen LogP) is 2.68. The molecular weight excluding hydrogens is 258 g/mol. The van der Waals surface area contributed by atoms with Crippen molar-refractivity contribution in [3.63, 3.8) is 0 Å². The van der Waals surface area contributed by atoms with Crippen molar-refractivity contribution in [2.24, 2.45) is 5.73 Å². The van der Waals surface area contributed by atoms with Crippen LogP contribution in [-0.4, -0.2) is 16.4 Å². The van der Waals surface area contributed by atoms with Gasteiger partial charge in [-0.15, -0.1) is 11.3 Å². The number of carbonyl (C=O) groups is 1. The van der Waals surface area contributed by atoms with E-state index < -0.39 is 5.54 Å². The molecule has 1 heterocycles. The van der Waals surface area contributed by atoms with Crippen molar-refractivity contribution in [2.75, 3.05) is 0 Å². The molecule has 1 saturated carbocycles. The van der Waals surface area contributed by atoms with Crippen molar-refractivity contribution >= 4 is 17.2 Å². The Balaban J connectivity index is 2.03. The lowest BCUT2D eigenvalue weighted by Crippen LogP contribution is -2.55. The molecule has 19 heavy (non-hydrogen) atoms. The molecule has 0 radical (unpaired) electrons. The fraction of sp³-hybridized carbons (Fsp3) is 0.714. The molecule has 0 bridgehead atoms. The van der Waals surface area contributed by atoms with Crippen LogP contribution in [0, 0.1) is 6.92 Å². The Hall–Kier alpha value is -0.940. The molecule has 1 aliphatic carbocycles.